The number of ether oxygens (including phenoxy) is 1. The van der Waals surface area contributed by atoms with E-state index in [9.17, 15) is 31.1 Å². The van der Waals surface area contributed by atoms with Gasteiger partial charge >= 0.3 is 18.5 Å². The summed E-state index contributed by atoms with van der Waals surface area (Å²) < 4.78 is 77.6. The molecule has 0 amide bonds. The molecule has 0 spiro atoms. The van der Waals surface area contributed by atoms with Crippen LogP contribution in [-0.2, 0) is 11.5 Å². The molecule has 0 aliphatic heterocycles. The molecule has 1 aromatic rings. The Hall–Kier alpha value is -1.52. The van der Waals surface area contributed by atoms with Crippen LogP contribution in [0, 0.1) is 0 Å². The second kappa shape index (κ2) is 5.46. The normalized spacial score (nSPS) is 12.3. The van der Waals surface area contributed by atoms with Crippen molar-refractivity contribution in [2.75, 3.05) is 0 Å². The van der Waals surface area contributed by atoms with Gasteiger partial charge in [-0.15, -0.1) is 13.2 Å². The standard InChI is InChI=1S/C9H4BrF6NO3/c10-1-3-2-17-6(20-9(14,15)16)5(8(11,12)13)4(3)7(18)19/h2H,1H2,(H,18,19). The van der Waals surface area contributed by atoms with E-state index >= 15 is 0 Å². The highest BCUT2D eigenvalue weighted by atomic mass is 79.9. The molecule has 0 aliphatic rings. The number of rotatable bonds is 3. The Labute approximate surface area is 115 Å². The summed E-state index contributed by atoms with van der Waals surface area (Å²) in [4.78, 5) is 13.8. The van der Waals surface area contributed by atoms with Crippen LogP contribution in [0.15, 0.2) is 6.20 Å². The van der Waals surface area contributed by atoms with Gasteiger partial charge in [0.2, 0.25) is 5.88 Å². The number of pyridine rings is 1. The van der Waals surface area contributed by atoms with Crippen molar-refractivity contribution < 1.29 is 41.0 Å². The number of alkyl halides is 7. The minimum Gasteiger partial charge on any atom is -0.478 e. The van der Waals surface area contributed by atoms with E-state index in [0.717, 1.165) is 0 Å². The van der Waals surface area contributed by atoms with E-state index in [0.29, 0.717) is 6.20 Å². The van der Waals surface area contributed by atoms with E-state index in [-0.39, 0.29) is 5.33 Å². The molecule has 0 saturated heterocycles. The minimum absolute atomic E-state index is 0.336. The molecule has 0 bridgehead atoms. The van der Waals surface area contributed by atoms with Gasteiger partial charge in [-0.1, -0.05) is 15.9 Å². The van der Waals surface area contributed by atoms with Crippen molar-refractivity contribution in [3.8, 4) is 5.88 Å². The highest BCUT2D eigenvalue weighted by Crippen LogP contribution is 2.40. The van der Waals surface area contributed by atoms with Gasteiger partial charge in [0.25, 0.3) is 0 Å². The third kappa shape index (κ3) is 3.74. The summed E-state index contributed by atoms with van der Waals surface area (Å²) in [5.41, 5.74) is -3.86. The van der Waals surface area contributed by atoms with Crippen LogP contribution in [-0.4, -0.2) is 22.4 Å². The predicted molar refractivity (Wildman–Crippen MR) is 55.5 cm³/mol. The van der Waals surface area contributed by atoms with Crippen molar-refractivity contribution in [2.24, 2.45) is 0 Å². The summed E-state index contributed by atoms with van der Waals surface area (Å²) in [5, 5.41) is 8.44. The molecule has 11 heteroatoms. The zero-order chi connectivity index (χ0) is 15.7. The summed E-state index contributed by atoms with van der Waals surface area (Å²) in [7, 11) is 0. The Bertz CT molecular complexity index is 528. The Morgan fingerprint density at radius 1 is 1.30 bits per heavy atom. The Morgan fingerprint density at radius 3 is 2.20 bits per heavy atom. The molecule has 112 valence electrons. The average molecular weight is 368 g/mol. The molecule has 1 rings (SSSR count). The van der Waals surface area contributed by atoms with Crippen molar-refractivity contribution in [1.82, 2.24) is 4.98 Å². The maximum Gasteiger partial charge on any atom is 0.574 e. The Balaban J connectivity index is 3.62. The van der Waals surface area contributed by atoms with Gasteiger partial charge in [-0.05, 0) is 5.56 Å². The van der Waals surface area contributed by atoms with E-state index in [2.05, 4.69) is 25.7 Å². The first-order chi connectivity index (χ1) is 8.97. The fraction of sp³-hybridized carbons (Fsp3) is 0.333. The topological polar surface area (TPSA) is 59.4 Å². The van der Waals surface area contributed by atoms with Gasteiger partial charge in [0, 0.05) is 11.5 Å². The number of aromatic nitrogens is 1. The quantitative estimate of drug-likeness (QED) is 0.655. The van der Waals surface area contributed by atoms with Gasteiger partial charge in [0.15, 0.2) is 0 Å². The molecule has 0 atom stereocenters. The number of carbonyl (C=O) groups is 1. The van der Waals surface area contributed by atoms with Gasteiger partial charge < -0.3 is 9.84 Å². The molecule has 0 unspecified atom stereocenters. The van der Waals surface area contributed by atoms with Crippen molar-refractivity contribution >= 4 is 21.9 Å². The summed E-state index contributed by atoms with van der Waals surface area (Å²) >= 11 is 2.73. The van der Waals surface area contributed by atoms with Crippen LogP contribution in [0.3, 0.4) is 0 Å². The van der Waals surface area contributed by atoms with E-state index < -0.39 is 41.1 Å². The Kier molecular flexibility index (Phi) is 4.52. The summed E-state index contributed by atoms with van der Waals surface area (Å²) in [6.07, 6.45) is -10.2. The van der Waals surface area contributed by atoms with Crippen LogP contribution in [0.4, 0.5) is 26.3 Å². The lowest BCUT2D eigenvalue weighted by Gasteiger charge is -2.17. The lowest BCUT2D eigenvalue weighted by Crippen LogP contribution is -2.24. The highest BCUT2D eigenvalue weighted by Gasteiger charge is 2.44. The zero-order valence-corrected chi connectivity index (χ0v) is 10.7. The van der Waals surface area contributed by atoms with Gasteiger partial charge in [-0.3, -0.25) is 0 Å². The number of nitrogens with zero attached hydrogens (tertiary/aromatic N) is 1. The number of carboxylic acid groups (broad SMARTS) is 1. The molecule has 1 aromatic heterocycles. The van der Waals surface area contributed by atoms with Crippen LogP contribution >= 0.6 is 15.9 Å². The van der Waals surface area contributed by atoms with E-state index in [1.807, 2.05) is 0 Å². The third-order valence-electron chi connectivity index (χ3n) is 1.98. The smallest absolute Gasteiger partial charge is 0.478 e. The monoisotopic (exact) mass is 367 g/mol. The highest BCUT2D eigenvalue weighted by molar-refractivity contribution is 9.08. The van der Waals surface area contributed by atoms with Gasteiger partial charge in [-0.2, -0.15) is 13.2 Å². The molecule has 0 aromatic carbocycles. The maximum atomic E-state index is 12.8. The van der Waals surface area contributed by atoms with Crippen molar-refractivity contribution in [3.63, 3.8) is 0 Å². The number of carboxylic acids is 1. The lowest BCUT2D eigenvalue weighted by molar-refractivity contribution is -0.277. The van der Waals surface area contributed by atoms with E-state index in [1.54, 1.807) is 0 Å². The molecule has 4 nitrogen and oxygen atoms in total. The third-order valence-corrected chi connectivity index (χ3v) is 2.58. The number of hydrogen-bond donors (Lipinski definition) is 1. The predicted octanol–water partition coefficient (Wildman–Crippen LogP) is 3.59. The van der Waals surface area contributed by atoms with Crippen molar-refractivity contribution in [2.45, 2.75) is 17.9 Å². The van der Waals surface area contributed by atoms with Crippen LogP contribution in [0.1, 0.15) is 21.5 Å². The van der Waals surface area contributed by atoms with Crippen molar-refractivity contribution in [1.29, 1.82) is 0 Å². The van der Waals surface area contributed by atoms with Crippen molar-refractivity contribution in [3.05, 3.63) is 22.9 Å². The second-order valence-electron chi connectivity index (χ2n) is 3.32. The summed E-state index contributed by atoms with van der Waals surface area (Å²) in [5.74, 6) is -3.90. The second-order valence-corrected chi connectivity index (χ2v) is 3.88. The van der Waals surface area contributed by atoms with E-state index in [4.69, 9.17) is 5.11 Å². The average Bonchev–Trinajstić information content (AvgIpc) is 2.24. The first kappa shape index (κ1) is 16.5. The molecule has 0 aliphatic carbocycles. The van der Waals surface area contributed by atoms with Crippen LogP contribution in [0.25, 0.3) is 0 Å². The molecule has 1 N–H and O–H groups in total. The zero-order valence-electron chi connectivity index (χ0n) is 9.14. The van der Waals surface area contributed by atoms with Crippen LogP contribution in [0.2, 0.25) is 0 Å². The number of aromatic carboxylic acids is 1. The minimum atomic E-state index is -5.43. The molecule has 0 saturated carbocycles. The molecule has 0 radical (unpaired) electrons. The molecule has 0 fully saturated rings. The first-order valence-corrected chi connectivity index (χ1v) is 5.73. The molecular formula is C9H4BrF6NO3. The number of halogens is 7. The van der Waals surface area contributed by atoms with Gasteiger partial charge in [0.05, 0.1) is 5.56 Å². The Morgan fingerprint density at radius 2 is 1.85 bits per heavy atom. The van der Waals surface area contributed by atoms with Gasteiger partial charge in [0.1, 0.15) is 5.56 Å². The van der Waals surface area contributed by atoms with Gasteiger partial charge in [-0.25, -0.2) is 9.78 Å². The van der Waals surface area contributed by atoms with Crippen LogP contribution in [0.5, 0.6) is 5.88 Å². The van der Waals surface area contributed by atoms with E-state index in [1.165, 1.54) is 0 Å². The lowest BCUT2D eigenvalue weighted by atomic mass is 10.0. The maximum absolute atomic E-state index is 12.8. The molecular weight excluding hydrogens is 364 g/mol. The summed E-state index contributed by atoms with van der Waals surface area (Å²) in [6, 6.07) is 0. The first-order valence-electron chi connectivity index (χ1n) is 4.61. The SMILES string of the molecule is O=C(O)c1c(CBr)cnc(OC(F)(F)F)c1C(F)(F)F. The fourth-order valence-corrected chi connectivity index (χ4v) is 1.75. The van der Waals surface area contributed by atoms with Crippen LogP contribution < -0.4 is 4.74 Å². The molecule has 20 heavy (non-hydrogen) atoms. The molecule has 1 heterocycles. The largest absolute Gasteiger partial charge is 0.574 e. The fourth-order valence-electron chi connectivity index (χ4n) is 1.33. The summed E-state index contributed by atoms with van der Waals surface area (Å²) in [6.45, 7) is 0. The number of hydrogen-bond acceptors (Lipinski definition) is 3.